The Hall–Kier alpha value is -2.69. The number of fused-ring (bicyclic) bond motifs is 1. The van der Waals surface area contributed by atoms with Crippen molar-refractivity contribution in [3.63, 3.8) is 0 Å². The normalized spacial score (nSPS) is 18.2. The van der Waals surface area contributed by atoms with Crippen LogP contribution in [0.25, 0.3) is 0 Å². The van der Waals surface area contributed by atoms with Crippen molar-refractivity contribution in [2.24, 2.45) is 0 Å². The van der Waals surface area contributed by atoms with E-state index >= 15 is 0 Å². The predicted octanol–water partition coefficient (Wildman–Crippen LogP) is 7.15. The summed E-state index contributed by atoms with van der Waals surface area (Å²) in [5.41, 5.74) is 1.53. The molecule has 1 fully saturated rings. The molecule has 5 rings (SSSR count). The summed E-state index contributed by atoms with van der Waals surface area (Å²) in [6.07, 6.45) is 0. The van der Waals surface area contributed by atoms with Gasteiger partial charge in [-0.1, -0.05) is 62.3 Å². The van der Waals surface area contributed by atoms with Gasteiger partial charge in [-0.3, -0.25) is 19.3 Å². The van der Waals surface area contributed by atoms with E-state index in [1.165, 1.54) is 26.2 Å². The maximum Gasteiger partial charge on any atom is 0.264 e. The molecule has 1 saturated heterocycles. The maximum atomic E-state index is 13.9. The van der Waals surface area contributed by atoms with Crippen LogP contribution in [0.1, 0.15) is 37.9 Å². The van der Waals surface area contributed by atoms with Crippen molar-refractivity contribution in [1.82, 2.24) is 4.90 Å². The quantitative estimate of drug-likeness (QED) is 0.118. The van der Waals surface area contributed by atoms with Crippen LogP contribution in [0.15, 0.2) is 34.8 Å². The average molecular weight is 689 g/mol. The van der Waals surface area contributed by atoms with E-state index in [0.717, 1.165) is 14.9 Å². The SMILES string of the molecule is COc1cc([C@@H]2[C@H](N3C(=O)c4c(Cl)c(Cl)c(Cl)c(Cl)c4C3=O)C(=O)N2c2ccc(Br)c(C)c2)cc(OC)c1OC. The number of amides is 3. The zero-order valence-corrected chi connectivity index (χ0v) is 25.9. The molecule has 3 aromatic carbocycles. The number of carbonyl (C=O) groups is 3. The average Bonchev–Trinajstić information content (AvgIpc) is 3.19. The van der Waals surface area contributed by atoms with Crippen molar-refractivity contribution in [3.8, 4) is 17.2 Å². The minimum Gasteiger partial charge on any atom is -0.493 e. The van der Waals surface area contributed by atoms with Crippen LogP contribution in [0.3, 0.4) is 0 Å². The smallest absolute Gasteiger partial charge is 0.264 e. The van der Waals surface area contributed by atoms with Gasteiger partial charge >= 0.3 is 0 Å². The molecule has 2 heterocycles. The second kappa shape index (κ2) is 10.6. The number of carbonyl (C=O) groups excluding carboxylic acids is 3. The third-order valence-corrected chi connectivity index (χ3v) is 9.62. The molecule has 0 spiro atoms. The number of aryl methyl sites for hydroxylation is 1. The van der Waals surface area contributed by atoms with Gasteiger partial charge in [0.25, 0.3) is 17.7 Å². The molecule has 2 atom stereocenters. The van der Waals surface area contributed by atoms with Gasteiger partial charge in [-0.2, -0.15) is 0 Å². The number of halogens is 5. The van der Waals surface area contributed by atoms with E-state index in [0.29, 0.717) is 28.5 Å². The van der Waals surface area contributed by atoms with Gasteiger partial charge < -0.3 is 19.1 Å². The van der Waals surface area contributed by atoms with Crippen LogP contribution in [0.2, 0.25) is 20.1 Å². The molecule has 2 aliphatic heterocycles. The third kappa shape index (κ3) is 4.13. The van der Waals surface area contributed by atoms with Gasteiger partial charge in [-0.15, -0.1) is 0 Å². The molecule has 13 heteroatoms. The molecule has 0 saturated carbocycles. The standard InChI is InChI=1S/C27H19BrCl4N2O6/c1-10-7-12(5-6-13(10)28)33-22(11-8-14(38-2)24(40-4)15(9-11)39-3)23(27(33)37)34-25(35)16-17(26(34)36)19(30)21(32)20(31)18(16)29/h5-9,22-23H,1-4H3/t22-,23+/m1/s1. The van der Waals surface area contributed by atoms with E-state index in [-0.39, 0.29) is 31.2 Å². The molecule has 8 nitrogen and oxygen atoms in total. The lowest BCUT2D eigenvalue weighted by molar-refractivity contribution is -0.130. The Morgan fingerprint density at radius 1 is 0.725 bits per heavy atom. The zero-order chi connectivity index (χ0) is 29.2. The van der Waals surface area contributed by atoms with Gasteiger partial charge in [-0.05, 0) is 48.4 Å². The second-order valence-corrected chi connectivity index (χ2v) is 11.3. The summed E-state index contributed by atoms with van der Waals surface area (Å²) >= 11 is 28.5. The lowest BCUT2D eigenvalue weighted by atomic mass is 9.85. The lowest BCUT2D eigenvalue weighted by Crippen LogP contribution is -2.67. The summed E-state index contributed by atoms with van der Waals surface area (Å²) in [6.45, 7) is 1.88. The van der Waals surface area contributed by atoms with Gasteiger partial charge in [-0.25, -0.2) is 0 Å². The van der Waals surface area contributed by atoms with Gasteiger partial charge in [0, 0.05) is 10.2 Å². The molecular formula is C27H19BrCl4N2O6. The van der Waals surface area contributed by atoms with E-state index in [1.807, 2.05) is 19.1 Å². The van der Waals surface area contributed by atoms with Crippen molar-refractivity contribution >= 4 is 85.7 Å². The summed E-state index contributed by atoms with van der Waals surface area (Å²) in [7, 11) is 4.39. The number of imide groups is 1. The predicted molar refractivity (Wildman–Crippen MR) is 156 cm³/mol. The molecule has 0 N–H and O–H groups in total. The van der Waals surface area contributed by atoms with Crippen molar-refractivity contribution in [2.45, 2.75) is 19.0 Å². The van der Waals surface area contributed by atoms with Gasteiger partial charge in [0.15, 0.2) is 11.5 Å². The van der Waals surface area contributed by atoms with Gasteiger partial charge in [0.05, 0.1) is 58.6 Å². The Kier molecular flexibility index (Phi) is 7.65. The Bertz CT molecular complexity index is 1560. The topological polar surface area (TPSA) is 85.4 Å². The van der Waals surface area contributed by atoms with E-state index in [1.54, 1.807) is 18.2 Å². The molecule has 0 unspecified atom stereocenters. The highest BCUT2D eigenvalue weighted by Gasteiger charge is 2.58. The molecule has 3 aromatic rings. The Balaban J connectivity index is 1.70. The van der Waals surface area contributed by atoms with E-state index < -0.39 is 29.8 Å². The zero-order valence-electron chi connectivity index (χ0n) is 21.3. The van der Waals surface area contributed by atoms with Crippen LogP contribution >= 0.6 is 62.3 Å². The fourth-order valence-corrected chi connectivity index (χ4v) is 6.28. The largest absolute Gasteiger partial charge is 0.493 e. The Labute approximate surface area is 257 Å². The maximum absolute atomic E-state index is 13.9. The van der Waals surface area contributed by atoms with Gasteiger partial charge in [0.1, 0.15) is 6.04 Å². The molecule has 0 bridgehead atoms. The first-order valence-corrected chi connectivity index (χ1v) is 13.9. The molecule has 40 heavy (non-hydrogen) atoms. The minimum atomic E-state index is -1.26. The molecule has 2 aliphatic rings. The minimum absolute atomic E-state index is 0.164. The number of nitrogens with zero attached hydrogens (tertiary/aromatic N) is 2. The molecule has 208 valence electrons. The first kappa shape index (κ1) is 28.8. The van der Waals surface area contributed by atoms with Crippen LogP contribution in [0.5, 0.6) is 17.2 Å². The fraction of sp³-hybridized carbons (Fsp3) is 0.222. The molecule has 0 aliphatic carbocycles. The number of benzene rings is 3. The van der Waals surface area contributed by atoms with Crippen LogP contribution in [0.4, 0.5) is 5.69 Å². The first-order valence-electron chi connectivity index (χ1n) is 11.6. The lowest BCUT2D eigenvalue weighted by Gasteiger charge is -2.50. The van der Waals surface area contributed by atoms with Crippen molar-refractivity contribution in [1.29, 1.82) is 0 Å². The number of hydrogen-bond acceptors (Lipinski definition) is 6. The second-order valence-electron chi connectivity index (χ2n) is 8.98. The van der Waals surface area contributed by atoms with Crippen LogP contribution < -0.4 is 19.1 Å². The van der Waals surface area contributed by atoms with E-state index in [9.17, 15) is 14.4 Å². The summed E-state index contributed by atoms with van der Waals surface area (Å²) in [5, 5.41) is -0.766. The first-order chi connectivity index (χ1) is 19.0. The van der Waals surface area contributed by atoms with E-state index in [4.69, 9.17) is 60.6 Å². The van der Waals surface area contributed by atoms with Crippen LogP contribution in [0, 0.1) is 6.92 Å². The summed E-state index contributed by atoms with van der Waals surface area (Å²) < 4.78 is 17.4. The molecule has 3 amide bonds. The molecule has 0 radical (unpaired) electrons. The number of ether oxygens (including phenoxy) is 3. The number of methoxy groups -OCH3 is 3. The van der Waals surface area contributed by atoms with Crippen molar-refractivity contribution < 1.29 is 28.6 Å². The number of hydrogen-bond donors (Lipinski definition) is 0. The summed E-state index contributed by atoms with van der Waals surface area (Å²) in [5.74, 6) is -1.13. The monoisotopic (exact) mass is 686 g/mol. The number of anilines is 1. The summed E-state index contributed by atoms with van der Waals surface area (Å²) in [4.78, 5) is 43.6. The van der Waals surface area contributed by atoms with Crippen LogP contribution in [-0.4, -0.2) is 50.0 Å². The third-order valence-electron chi connectivity index (χ3n) is 6.93. The Morgan fingerprint density at radius 2 is 1.25 bits per heavy atom. The van der Waals surface area contributed by atoms with Crippen LogP contribution in [-0.2, 0) is 4.79 Å². The highest BCUT2D eigenvalue weighted by molar-refractivity contribution is 9.10. The number of β-lactam (4-membered cyclic amide) rings is 1. The highest BCUT2D eigenvalue weighted by atomic mass is 79.9. The molecular weight excluding hydrogens is 670 g/mol. The highest BCUT2D eigenvalue weighted by Crippen LogP contribution is 2.51. The fourth-order valence-electron chi connectivity index (χ4n) is 5.01. The van der Waals surface area contributed by atoms with E-state index in [2.05, 4.69) is 15.9 Å². The van der Waals surface area contributed by atoms with Gasteiger partial charge in [0.2, 0.25) is 5.75 Å². The summed E-state index contributed by atoms with van der Waals surface area (Å²) in [6, 6.07) is 6.61. The van der Waals surface area contributed by atoms with Crippen molar-refractivity contribution in [2.75, 3.05) is 26.2 Å². The molecule has 0 aromatic heterocycles. The number of rotatable bonds is 6. The van der Waals surface area contributed by atoms with Crippen molar-refractivity contribution in [3.05, 3.63) is 77.1 Å². The Morgan fingerprint density at radius 3 is 1.70 bits per heavy atom.